The number of allylic oxidation sites excluding steroid dienone is 4. The summed E-state index contributed by atoms with van der Waals surface area (Å²) in [6.07, 6.45) is 10.9. The lowest BCUT2D eigenvalue weighted by Gasteiger charge is -2.21. The molecule has 4 nitrogen and oxygen atoms in total. The van der Waals surface area contributed by atoms with Crippen molar-refractivity contribution < 1.29 is 13.7 Å². The molecule has 3 aromatic carbocycles. The van der Waals surface area contributed by atoms with Crippen LogP contribution >= 0.6 is 11.3 Å². The number of furan rings is 1. The second-order valence-corrected chi connectivity index (χ2v) is 11.8. The lowest BCUT2D eigenvalue weighted by atomic mass is 9.86. The SMILES string of the molecule is CCN1/C(=C/C2=CC(=C/c3sc4ccc5occc5c4[n+]3CC)/CC(C)C2)Oc2ccc(-c3ccccc3)cc21. The Kier molecular flexibility index (Phi) is 6.32. The lowest BCUT2D eigenvalue weighted by molar-refractivity contribution is -0.664. The number of ether oxygens (including phenoxy) is 1. The van der Waals surface area contributed by atoms with Crippen LogP contribution < -0.4 is 14.2 Å². The summed E-state index contributed by atoms with van der Waals surface area (Å²) in [6.45, 7) is 8.53. The molecule has 0 saturated heterocycles. The standard InChI is InChI=1S/C35H33N2O2S/c1-4-36-29-22-27(26-9-7-6-8-10-26)11-12-31(29)39-33(36)20-24-17-23(3)18-25(19-24)21-34-37(5-2)35-28-15-16-38-30(28)13-14-32(35)40-34/h6-16,19-23H,4-5,17-18H2,1-3H3/q+1. The molecule has 0 spiro atoms. The number of fused-ring (bicyclic) bond motifs is 4. The first-order valence-electron chi connectivity index (χ1n) is 14.2. The van der Waals surface area contributed by atoms with Gasteiger partial charge in [0.05, 0.1) is 17.3 Å². The number of anilines is 1. The van der Waals surface area contributed by atoms with Gasteiger partial charge in [-0.15, -0.1) is 0 Å². The van der Waals surface area contributed by atoms with Crippen LogP contribution in [0.4, 0.5) is 5.69 Å². The molecule has 0 bridgehead atoms. The molecule has 1 unspecified atom stereocenters. The van der Waals surface area contributed by atoms with Crippen molar-refractivity contribution in [2.45, 2.75) is 40.2 Å². The summed E-state index contributed by atoms with van der Waals surface area (Å²) in [5.41, 5.74) is 8.46. The van der Waals surface area contributed by atoms with Crippen LogP contribution in [0, 0.1) is 5.92 Å². The van der Waals surface area contributed by atoms with E-state index < -0.39 is 0 Å². The molecule has 5 aromatic rings. The van der Waals surface area contributed by atoms with Gasteiger partial charge in [-0.25, -0.2) is 0 Å². The van der Waals surface area contributed by atoms with E-state index in [9.17, 15) is 0 Å². The Morgan fingerprint density at radius 3 is 2.67 bits per heavy atom. The minimum atomic E-state index is 0.566. The highest BCUT2D eigenvalue weighted by Crippen LogP contribution is 2.42. The average Bonchev–Trinajstić information content (AvgIpc) is 3.67. The van der Waals surface area contributed by atoms with Crippen molar-refractivity contribution in [2.75, 3.05) is 11.4 Å². The van der Waals surface area contributed by atoms with Crippen molar-refractivity contribution >= 4 is 44.3 Å². The minimum Gasteiger partial charge on any atom is -0.464 e. The Hall–Kier alpha value is -4.09. The Bertz CT molecular complexity index is 1820. The molecule has 0 radical (unpaired) electrons. The molecule has 7 rings (SSSR count). The Balaban J connectivity index is 1.24. The van der Waals surface area contributed by atoms with E-state index in [0.717, 1.165) is 48.8 Å². The normalized spacial score (nSPS) is 19.0. The number of hydrogen-bond acceptors (Lipinski definition) is 4. The molecule has 1 aliphatic carbocycles. The van der Waals surface area contributed by atoms with E-state index in [1.165, 1.54) is 42.9 Å². The average molecular weight is 546 g/mol. The fourth-order valence-electron chi connectivity index (χ4n) is 6.16. The van der Waals surface area contributed by atoms with Gasteiger partial charge in [-0.3, -0.25) is 0 Å². The van der Waals surface area contributed by atoms with Gasteiger partial charge in [0.15, 0.2) is 5.75 Å². The quantitative estimate of drug-likeness (QED) is 0.206. The van der Waals surface area contributed by atoms with E-state index in [2.05, 4.69) is 115 Å². The fraction of sp³-hybridized carbons (Fsp3) is 0.229. The van der Waals surface area contributed by atoms with E-state index in [0.29, 0.717) is 5.92 Å². The molecule has 2 aliphatic rings. The number of aryl methyl sites for hydroxylation is 1. The van der Waals surface area contributed by atoms with Gasteiger partial charge in [0.1, 0.15) is 16.8 Å². The second kappa shape index (κ2) is 10.1. The molecular weight excluding hydrogens is 512 g/mol. The number of rotatable bonds is 5. The summed E-state index contributed by atoms with van der Waals surface area (Å²) >= 11 is 1.86. The van der Waals surface area contributed by atoms with Gasteiger partial charge in [0.25, 0.3) is 5.01 Å². The third-order valence-electron chi connectivity index (χ3n) is 7.95. The third kappa shape index (κ3) is 4.35. The van der Waals surface area contributed by atoms with Crippen LogP contribution in [0.1, 0.15) is 38.6 Å². The molecule has 40 heavy (non-hydrogen) atoms. The molecule has 1 aliphatic heterocycles. The van der Waals surface area contributed by atoms with Crippen LogP contribution in [0.3, 0.4) is 0 Å². The van der Waals surface area contributed by atoms with E-state index in [1.807, 2.05) is 11.3 Å². The van der Waals surface area contributed by atoms with Gasteiger partial charge in [0.2, 0.25) is 11.4 Å². The van der Waals surface area contributed by atoms with Gasteiger partial charge >= 0.3 is 0 Å². The lowest BCUT2D eigenvalue weighted by Crippen LogP contribution is -2.33. The van der Waals surface area contributed by atoms with E-state index in [-0.39, 0.29) is 0 Å². The number of benzene rings is 3. The number of aromatic nitrogens is 1. The zero-order valence-corrected chi connectivity index (χ0v) is 24.0. The van der Waals surface area contributed by atoms with Crippen LogP contribution in [0.15, 0.2) is 107 Å². The predicted molar refractivity (Wildman–Crippen MR) is 166 cm³/mol. The van der Waals surface area contributed by atoms with Crippen molar-refractivity contribution in [3.63, 3.8) is 0 Å². The number of thiazole rings is 1. The molecule has 5 heteroatoms. The first kappa shape index (κ1) is 24.9. The van der Waals surface area contributed by atoms with Crippen molar-refractivity contribution in [2.24, 2.45) is 5.92 Å². The molecular formula is C35H33N2O2S+. The summed E-state index contributed by atoms with van der Waals surface area (Å²) in [7, 11) is 0. The van der Waals surface area contributed by atoms with Gasteiger partial charge in [0, 0.05) is 18.7 Å². The highest BCUT2D eigenvalue weighted by molar-refractivity contribution is 7.19. The molecule has 2 aromatic heterocycles. The largest absolute Gasteiger partial charge is 0.464 e. The summed E-state index contributed by atoms with van der Waals surface area (Å²) in [5, 5.41) is 2.47. The Morgan fingerprint density at radius 1 is 0.975 bits per heavy atom. The van der Waals surface area contributed by atoms with E-state index in [4.69, 9.17) is 9.15 Å². The maximum Gasteiger partial charge on any atom is 0.263 e. The third-order valence-corrected chi connectivity index (χ3v) is 9.04. The molecule has 0 fully saturated rings. The van der Waals surface area contributed by atoms with Crippen molar-refractivity contribution in [1.82, 2.24) is 0 Å². The van der Waals surface area contributed by atoms with Crippen LogP contribution in [0.2, 0.25) is 0 Å². The highest BCUT2D eigenvalue weighted by Gasteiger charge is 2.27. The number of hydrogen-bond donors (Lipinski definition) is 0. The molecule has 0 saturated carbocycles. The maximum atomic E-state index is 6.42. The van der Waals surface area contributed by atoms with Crippen LogP contribution in [-0.2, 0) is 6.54 Å². The van der Waals surface area contributed by atoms with Crippen LogP contribution in [0.25, 0.3) is 38.4 Å². The highest BCUT2D eigenvalue weighted by atomic mass is 32.1. The van der Waals surface area contributed by atoms with E-state index >= 15 is 0 Å². The first-order chi connectivity index (χ1) is 19.6. The van der Waals surface area contributed by atoms with Crippen molar-refractivity contribution in [3.05, 3.63) is 107 Å². The predicted octanol–water partition coefficient (Wildman–Crippen LogP) is 9.12. The zero-order chi connectivity index (χ0) is 27.2. The molecule has 3 heterocycles. The molecule has 0 N–H and O–H groups in total. The maximum absolute atomic E-state index is 6.42. The first-order valence-corrected chi connectivity index (χ1v) is 15.0. The summed E-state index contributed by atoms with van der Waals surface area (Å²) in [6, 6.07) is 23.4. The fourth-order valence-corrected chi connectivity index (χ4v) is 7.38. The van der Waals surface area contributed by atoms with Gasteiger partial charge in [-0.2, -0.15) is 4.57 Å². The summed E-state index contributed by atoms with van der Waals surface area (Å²) in [5.74, 6) is 2.40. The van der Waals surface area contributed by atoms with E-state index in [1.54, 1.807) is 6.26 Å². The monoisotopic (exact) mass is 545 g/mol. The summed E-state index contributed by atoms with van der Waals surface area (Å²) in [4.78, 5) is 2.29. The van der Waals surface area contributed by atoms with Gasteiger partial charge in [-0.05, 0) is 85.2 Å². The second-order valence-electron chi connectivity index (χ2n) is 10.8. The van der Waals surface area contributed by atoms with Crippen molar-refractivity contribution in [3.8, 4) is 16.9 Å². The molecule has 0 amide bonds. The van der Waals surface area contributed by atoms with Crippen molar-refractivity contribution in [1.29, 1.82) is 0 Å². The smallest absolute Gasteiger partial charge is 0.263 e. The molecule has 200 valence electrons. The van der Waals surface area contributed by atoms with Gasteiger partial charge in [-0.1, -0.05) is 60.7 Å². The van der Waals surface area contributed by atoms with Crippen LogP contribution in [-0.4, -0.2) is 6.54 Å². The number of nitrogens with zero attached hydrogens (tertiary/aromatic N) is 2. The Labute approximate surface area is 239 Å². The Morgan fingerprint density at radius 2 is 1.85 bits per heavy atom. The molecule has 1 atom stereocenters. The van der Waals surface area contributed by atoms with Gasteiger partial charge < -0.3 is 14.1 Å². The summed E-state index contributed by atoms with van der Waals surface area (Å²) < 4.78 is 15.8. The topological polar surface area (TPSA) is 29.5 Å². The van der Waals surface area contributed by atoms with Crippen LogP contribution in [0.5, 0.6) is 5.75 Å². The minimum absolute atomic E-state index is 0.566. The zero-order valence-electron chi connectivity index (χ0n) is 23.2.